The average molecular weight is 342 g/mol. The van der Waals surface area contributed by atoms with Gasteiger partial charge in [0.2, 0.25) is 0 Å². The van der Waals surface area contributed by atoms with E-state index in [2.05, 4.69) is 22.0 Å². The quantitative estimate of drug-likeness (QED) is 0.624. The van der Waals surface area contributed by atoms with Gasteiger partial charge in [-0.1, -0.05) is 40.2 Å². The van der Waals surface area contributed by atoms with Crippen LogP contribution in [0.1, 0.15) is 5.56 Å². The molecule has 0 unspecified atom stereocenters. The summed E-state index contributed by atoms with van der Waals surface area (Å²) in [6.07, 6.45) is 0. The van der Waals surface area contributed by atoms with Crippen molar-refractivity contribution in [3.05, 3.63) is 70.5 Å². The van der Waals surface area contributed by atoms with Gasteiger partial charge >= 0.3 is 0 Å². The maximum atomic E-state index is 13.8. The summed E-state index contributed by atoms with van der Waals surface area (Å²) in [5, 5.41) is 10.7. The number of benzene rings is 3. The summed E-state index contributed by atoms with van der Waals surface area (Å²) in [6, 6.07) is 17.4. The molecule has 2 nitrogen and oxygen atoms in total. The van der Waals surface area contributed by atoms with Gasteiger partial charge in [0.25, 0.3) is 0 Å². The second-order valence-corrected chi connectivity index (χ2v) is 5.36. The second-order valence-electron chi connectivity index (χ2n) is 4.45. The predicted molar refractivity (Wildman–Crippen MR) is 82.8 cm³/mol. The number of nitriles is 1. The van der Waals surface area contributed by atoms with Crippen LogP contribution in [0.15, 0.2) is 59.1 Å². The van der Waals surface area contributed by atoms with E-state index in [-0.39, 0.29) is 5.75 Å². The Morgan fingerprint density at radius 3 is 2.48 bits per heavy atom. The van der Waals surface area contributed by atoms with E-state index in [9.17, 15) is 4.39 Å². The molecule has 0 N–H and O–H groups in total. The van der Waals surface area contributed by atoms with Gasteiger partial charge in [-0.15, -0.1) is 0 Å². The summed E-state index contributed by atoms with van der Waals surface area (Å²) in [5.74, 6) is 0.215. The summed E-state index contributed by atoms with van der Waals surface area (Å²) in [5.41, 5.74) is 0.563. The molecule has 0 atom stereocenters. The molecule has 0 amide bonds. The van der Waals surface area contributed by atoms with Gasteiger partial charge in [0, 0.05) is 15.2 Å². The molecule has 0 aliphatic rings. The van der Waals surface area contributed by atoms with E-state index in [1.54, 1.807) is 24.3 Å². The van der Waals surface area contributed by atoms with E-state index in [4.69, 9.17) is 10.00 Å². The van der Waals surface area contributed by atoms with Crippen molar-refractivity contribution in [2.24, 2.45) is 0 Å². The summed E-state index contributed by atoms with van der Waals surface area (Å²) >= 11 is 3.29. The third-order valence-electron chi connectivity index (χ3n) is 3.12. The first-order valence-corrected chi connectivity index (χ1v) is 7.03. The average Bonchev–Trinajstić information content (AvgIpc) is 2.51. The van der Waals surface area contributed by atoms with Crippen molar-refractivity contribution >= 4 is 26.7 Å². The standard InChI is InChI=1S/C17H9BrFNO/c18-12-6-7-15(19)17(9-12)21-16-8-5-11(10-20)13-3-1-2-4-14(13)16/h1-9H. The van der Waals surface area contributed by atoms with Crippen LogP contribution in [0.25, 0.3) is 10.8 Å². The first kappa shape index (κ1) is 13.6. The number of rotatable bonds is 2. The van der Waals surface area contributed by atoms with Gasteiger partial charge < -0.3 is 4.74 Å². The highest BCUT2D eigenvalue weighted by molar-refractivity contribution is 9.10. The van der Waals surface area contributed by atoms with E-state index < -0.39 is 5.82 Å². The Labute approximate surface area is 129 Å². The number of nitrogens with zero attached hydrogens (tertiary/aromatic N) is 1. The minimum Gasteiger partial charge on any atom is -0.454 e. The highest BCUT2D eigenvalue weighted by Gasteiger charge is 2.10. The molecule has 0 heterocycles. The zero-order valence-corrected chi connectivity index (χ0v) is 12.4. The van der Waals surface area contributed by atoms with Crippen molar-refractivity contribution in [2.45, 2.75) is 0 Å². The van der Waals surface area contributed by atoms with Crippen LogP contribution in [-0.4, -0.2) is 0 Å². The predicted octanol–water partition coefficient (Wildman–Crippen LogP) is 5.41. The first-order valence-electron chi connectivity index (χ1n) is 6.24. The van der Waals surface area contributed by atoms with Gasteiger partial charge in [0.05, 0.1) is 11.6 Å². The fourth-order valence-electron chi connectivity index (χ4n) is 2.13. The van der Waals surface area contributed by atoms with Gasteiger partial charge in [0.15, 0.2) is 11.6 Å². The molecule has 0 spiro atoms. The molecular weight excluding hydrogens is 333 g/mol. The molecule has 0 aliphatic carbocycles. The molecule has 3 rings (SSSR count). The van der Waals surface area contributed by atoms with Gasteiger partial charge in [-0.2, -0.15) is 5.26 Å². The maximum absolute atomic E-state index is 13.8. The number of halogens is 2. The van der Waals surface area contributed by atoms with Gasteiger partial charge in [0.1, 0.15) is 5.75 Å². The lowest BCUT2D eigenvalue weighted by Crippen LogP contribution is -1.91. The summed E-state index contributed by atoms with van der Waals surface area (Å²) in [7, 11) is 0. The van der Waals surface area contributed by atoms with Crippen LogP contribution in [0.5, 0.6) is 11.5 Å². The molecular formula is C17H9BrFNO. The van der Waals surface area contributed by atoms with Crippen LogP contribution in [0.2, 0.25) is 0 Å². The summed E-state index contributed by atoms with van der Waals surface area (Å²) in [4.78, 5) is 0. The van der Waals surface area contributed by atoms with Crippen molar-refractivity contribution in [3.8, 4) is 17.6 Å². The Hall–Kier alpha value is -2.38. The molecule has 21 heavy (non-hydrogen) atoms. The molecule has 0 radical (unpaired) electrons. The summed E-state index contributed by atoms with van der Waals surface area (Å²) < 4.78 is 20.2. The molecule has 0 aliphatic heterocycles. The molecule has 3 aromatic carbocycles. The Kier molecular flexibility index (Phi) is 3.59. The highest BCUT2D eigenvalue weighted by Crippen LogP contribution is 2.33. The maximum Gasteiger partial charge on any atom is 0.165 e. The minimum absolute atomic E-state index is 0.138. The van der Waals surface area contributed by atoms with E-state index in [1.807, 2.05) is 24.3 Å². The third kappa shape index (κ3) is 2.61. The normalized spacial score (nSPS) is 10.3. The van der Waals surface area contributed by atoms with Crippen LogP contribution in [0.3, 0.4) is 0 Å². The Balaban J connectivity index is 2.14. The Bertz CT molecular complexity index is 870. The fourth-order valence-corrected chi connectivity index (χ4v) is 2.47. The molecule has 102 valence electrons. The third-order valence-corrected chi connectivity index (χ3v) is 3.61. The van der Waals surface area contributed by atoms with Crippen molar-refractivity contribution in [3.63, 3.8) is 0 Å². The molecule has 0 saturated carbocycles. The molecule has 4 heteroatoms. The van der Waals surface area contributed by atoms with E-state index >= 15 is 0 Å². The van der Waals surface area contributed by atoms with E-state index in [0.717, 1.165) is 15.2 Å². The molecule has 0 fully saturated rings. The number of fused-ring (bicyclic) bond motifs is 1. The van der Waals surface area contributed by atoms with Gasteiger partial charge in [-0.3, -0.25) is 0 Å². The molecule has 0 saturated heterocycles. The minimum atomic E-state index is -0.438. The van der Waals surface area contributed by atoms with E-state index in [0.29, 0.717) is 11.3 Å². The second kappa shape index (κ2) is 5.55. The first-order chi connectivity index (χ1) is 10.2. The van der Waals surface area contributed by atoms with Crippen LogP contribution in [-0.2, 0) is 0 Å². The Morgan fingerprint density at radius 1 is 0.952 bits per heavy atom. The monoisotopic (exact) mass is 341 g/mol. The van der Waals surface area contributed by atoms with Crippen LogP contribution >= 0.6 is 15.9 Å². The van der Waals surface area contributed by atoms with Crippen molar-refractivity contribution in [2.75, 3.05) is 0 Å². The summed E-state index contributed by atoms with van der Waals surface area (Å²) in [6.45, 7) is 0. The van der Waals surface area contributed by atoms with Gasteiger partial charge in [-0.25, -0.2) is 4.39 Å². The zero-order valence-electron chi connectivity index (χ0n) is 10.8. The molecule has 0 aromatic heterocycles. The largest absolute Gasteiger partial charge is 0.454 e. The fraction of sp³-hybridized carbons (Fsp3) is 0. The topological polar surface area (TPSA) is 33.0 Å². The lowest BCUT2D eigenvalue weighted by Gasteiger charge is -2.11. The van der Waals surface area contributed by atoms with Crippen LogP contribution in [0, 0.1) is 17.1 Å². The van der Waals surface area contributed by atoms with Gasteiger partial charge in [-0.05, 0) is 30.3 Å². The van der Waals surface area contributed by atoms with Crippen molar-refractivity contribution in [1.29, 1.82) is 5.26 Å². The molecule has 0 bridgehead atoms. The zero-order chi connectivity index (χ0) is 14.8. The number of ether oxygens (including phenoxy) is 1. The lowest BCUT2D eigenvalue weighted by atomic mass is 10.0. The molecule has 3 aromatic rings. The lowest BCUT2D eigenvalue weighted by molar-refractivity contribution is 0.446. The Morgan fingerprint density at radius 2 is 1.71 bits per heavy atom. The number of hydrogen-bond acceptors (Lipinski definition) is 2. The van der Waals surface area contributed by atoms with Crippen molar-refractivity contribution < 1.29 is 9.13 Å². The SMILES string of the molecule is N#Cc1ccc(Oc2cc(Br)ccc2F)c2ccccc12. The highest BCUT2D eigenvalue weighted by atomic mass is 79.9. The number of hydrogen-bond donors (Lipinski definition) is 0. The smallest absolute Gasteiger partial charge is 0.165 e. The van der Waals surface area contributed by atoms with Crippen LogP contribution < -0.4 is 4.74 Å². The van der Waals surface area contributed by atoms with E-state index in [1.165, 1.54) is 6.07 Å². The van der Waals surface area contributed by atoms with Crippen molar-refractivity contribution in [1.82, 2.24) is 0 Å². The van der Waals surface area contributed by atoms with Crippen LogP contribution in [0.4, 0.5) is 4.39 Å².